The van der Waals surface area contributed by atoms with Crippen LogP contribution in [-0.4, -0.2) is 12.5 Å². The Morgan fingerprint density at radius 3 is 3.33 bits per heavy atom. The van der Waals surface area contributed by atoms with E-state index in [1.807, 2.05) is 24.8 Å². The van der Waals surface area contributed by atoms with Crippen molar-refractivity contribution in [3.63, 3.8) is 0 Å². The molecule has 0 unspecified atom stereocenters. The Labute approximate surface area is 59.1 Å². The molecular formula is C7H8OS. The minimum Gasteiger partial charge on any atom is -0.216 e. The van der Waals surface area contributed by atoms with Crippen LogP contribution in [0.3, 0.4) is 0 Å². The summed E-state index contributed by atoms with van der Waals surface area (Å²) < 4.78 is 4.94. The molecule has 2 heteroatoms. The molecule has 1 nitrogen and oxygen atoms in total. The monoisotopic (exact) mass is 140 g/mol. The Bertz CT molecular complexity index is 175. The van der Waals surface area contributed by atoms with Crippen molar-refractivity contribution in [1.29, 1.82) is 0 Å². The summed E-state index contributed by atoms with van der Waals surface area (Å²) in [4.78, 5) is 1.05. The summed E-state index contributed by atoms with van der Waals surface area (Å²) in [6.45, 7) is 2.64. The van der Waals surface area contributed by atoms with Crippen molar-refractivity contribution in [1.82, 2.24) is 0 Å². The first-order valence-corrected chi connectivity index (χ1v) is 3.72. The molecule has 48 valence electrons. The molecular weight excluding hydrogens is 132 g/mol. The van der Waals surface area contributed by atoms with Crippen LogP contribution < -0.4 is 0 Å². The second kappa shape index (κ2) is 3.44. The van der Waals surface area contributed by atoms with Crippen LogP contribution in [0.4, 0.5) is 0 Å². The van der Waals surface area contributed by atoms with Gasteiger partial charge in [-0.2, -0.15) is 11.8 Å². The predicted octanol–water partition coefficient (Wildman–Crippen LogP) is 1.72. The van der Waals surface area contributed by atoms with Crippen molar-refractivity contribution in [2.45, 2.75) is 6.92 Å². The SMILES string of the molecule is CC[O+]=C=C1C=C[CH-]S1. The molecule has 1 aliphatic rings. The van der Waals surface area contributed by atoms with Crippen molar-refractivity contribution in [3.8, 4) is 0 Å². The van der Waals surface area contributed by atoms with E-state index in [4.69, 9.17) is 4.42 Å². The predicted molar refractivity (Wildman–Crippen MR) is 40.8 cm³/mol. The summed E-state index contributed by atoms with van der Waals surface area (Å²) in [5, 5.41) is 0. The minimum atomic E-state index is 0.692. The van der Waals surface area contributed by atoms with Crippen LogP contribution in [0.2, 0.25) is 0 Å². The Kier molecular flexibility index (Phi) is 2.49. The molecule has 0 amide bonds. The molecule has 0 aromatic rings. The van der Waals surface area contributed by atoms with Gasteiger partial charge >= 0.3 is 5.94 Å². The number of thioether (sulfide) groups is 1. The summed E-state index contributed by atoms with van der Waals surface area (Å²) in [7, 11) is 0. The number of hydrogen-bond acceptors (Lipinski definition) is 1. The Morgan fingerprint density at radius 1 is 1.89 bits per heavy atom. The van der Waals surface area contributed by atoms with E-state index in [0.29, 0.717) is 6.61 Å². The van der Waals surface area contributed by atoms with Crippen LogP contribution in [0.1, 0.15) is 6.92 Å². The van der Waals surface area contributed by atoms with E-state index in [-0.39, 0.29) is 0 Å². The minimum absolute atomic E-state index is 0.692. The Hall–Kier alpha value is -0.590. The van der Waals surface area contributed by atoms with E-state index < -0.39 is 0 Å². The van der Waals surface area contributed by atoms with Gasteiger partial charge in [0, 0.05) is 6.92 Å². The first-order chi connectivity index (χ1) is 4.43. The highest BCUT2D eigenvalue weighted by molar-refractivity contribution is 8.05. The summed E-state index contributed by atoms with van der Waals surface area (Å²) in [6.07, 6.45) is 3.95. The van der Waals surface area contributed by atoms with E-state index in [2.05, 4.69) is 5.94 Å². The lowest BCUT2D eigenvalue weighted by molar-refractivity contribution is 0.127. The molecule has 1 heterocycles. The van der Waals surface area contributed by atoms with Crippen LogP contribution in [0.25, 0.3) is 0 Å². The van der Waals surface area contributed by atoms with E-state index in [1.54, 1.807) is 11.8 Å². The first kappa shape index (κ1) is 6.53. The summed E-state index contributed by atoms with van der Waals surface area (Å²) in [5.74, 6) is 4.79. The molecule has 0 spiro atoms. The fourth-order valence-corrected chi connectivity index (χ4v) is 1.05. The van der Waals surface area contributed by atoms with Gasteiger partial charge in [-0.3, -0.25) is 0 Å². The van der Waals surface area contributed by atoms with Gasteiger partial charge in [0.25, 0.3) is 6.61 Å². The molecule has 1 aliphatic heterocycles. The average molecular weight is 140 g/mol. The first-order valence-electron chi connectivity index (χ1n) is 2.85. The highest BCUT2D eigenvalue weighted by Gasteiger charge is 1.91. The lowest BCUT2D eigenvalue weighted by atomic mass is 10.5. The molecule has 0 bridgehead atoms. The number of rotatable bonds is 1. The van der Waals surface area contributed by atoms with Crippen LogP contribution in [0.5, 0.6) is 0 Å². The van der Waals surface area contributed by atoms with Gasteiger partial charge in [-0.05, 0) is 0 Å². The molecule has 0 atom stereocenters. The standard InChI is InChI=1S/C7H8OS/c1-2-8-6-7-4-3-5-9-7/h3-5H,2H2,1H3. The van der Waals surface area contributed by atoms with Crippen molar-refractivity contribution < 1.29 is 4.42 Å². The second-order valence-corrected chi connectivity index (χ2v) is 2.46. The Morgan fingerprint density at radius 2 is 2.78 bits per heavy atom. The van der Waals surface area contributed by atoms with Gasteiger partial charge < -0.3 is 0 Å². The van der Waals surface area contributed by atoms with Crippen LogP contribution in [-0.2, 0) is 4.42 Å². The summed E-state index contributed by atoms with van der Waals surface area (Å²) in [5.41, 5.74) is 0. The van der Waals surface area contributed by atoms with Crippen molar-refractivity contribution in [3.05, 3.63) is 22.8 Å². The van der Waals surface area contributed by atoms with Gasteiger partial charge in [0.15, 0.2) is 0 Å². The molecule has 0 saturated heterocycles. The molecule has 0 fully saturated rings. The third kappa shape index (κ3) is 2.00. The summed E-state index contributed by atoms with van der Waals surface area (Å²) >= 11 is 1.63. The highest BCUT2D eigenvalue weighted by atomic mass is 32.2. The molecule has 1 rings (SSSR count). The van der Waals surface area contributed by atoms with E-state index in [9.17, 15) is 0 Å². The third-order valence-electron chi connectivity index (χ3n) is 0.838. The number of hydrogen-bond donors (Lipinski definition) is 0. The van der Waals surface area contributed by atoms with Crippen LogP contribution >= 0.6 is 11.8 Å². The Balaban J connectivity index is 2.60. The number of allylic oxidation sites excluding steroid dienone is 1. The third-order valence-corrected chi connectivity index (χ3v) is 1.60. The van der Waals surface area contributed by atoms with Gasteiger partial charge in [0.1, 0.15) is 0 Å². The van der Waals surface area contributed by atoms with E-state index >= 15 is 0 Å². The van der Waals surface area contributed by atoms with E-state index in [1.165, 1.54) is 0 Å². The van der Waals surface area contributed by atoms with Crippen molar-refractivity contribution in [2.75, 3.05) is 6.61 Å². The van der Waals surface area contributed by atoms with Crippen molar-refractivity contribution in [2.24, 2.45) is 0 Å². The zero-order chi connectivity index (χ0) is 6.53. The molecule has 9 heavy (non-hydrogen) atoms. The maximum atomic E-state index is 4.94. The maximum absolute atomic E-state index is 4.94. The van der Waals surface area contributed by atoms with Gasteiger partial charge in [-0.1, -0.05) is 0 Å². The second-order valence-electron chi connectivity index (χ2n) is 1.51. The molecule has 0 radical (unpaired) electrons. The summed E-state index contributed by atoms with van der Waals surface area (Å²) in [6, 6.07) is 0. The normalized spacial score (nSPS) is 15.0. The molecule has 0 aromatic carbocycles. The van der Waals surface area contributed by atoms with Crippen molar-refractivity contribution >= 4 is 17.7 Å². The lowest BCUT2D eigenvalue weighted by Gasteiger charge is -1.85. The maximum Gasteiger partial charge on any atom is 0.338 e. The topological polar surface area (TPSA) is 11.3 Å². The van der Waals surface area contributed by atoms with Crippen LogP contribution in [0.15, 0.2) is 17.1 Å². The lowest BCUT2D eigenvalue weighted by Crippen LogP contribution is -1.73. The van der Waals surface area contributed by atoms with E-state index in [0.717, 1.165) is 4.91 Å². The van der Waals surface area contributed by atoms with Gasteiger partial charge in [0.05, 0.1) is 4.91 Å². The largest absolute Gasteiger partial charge is 0.338 e. The zero-order valence-electron chi connectivity index (χ0n) is 5.26. The van der Waals surface area contributed by atoms with Gasteiger partial charge in [0.2, 0.25) is 0 Å². The fourth-order valence-electron chi connectivity index (χ4n) is 0.480. The zero-order valence-corrected chi connectivity index (χ0v) is 6.07. The molecule has 0 aromatic heterocycles. The van der Waals surface area contributed by atoms with Crippen LogP contribution in [0, 0.1) is 5.75 Å². The van der Waals surface area contributed by atoms with Gasteiger partial charge in [-0.15, -0.1) is 0 Å². The smallest absolute Gasteiger partial charge is 0.216 e. The molecule has 0 aliphatic carbocycles. The highest BCUT2D eigenvalue weighted by Crippen LogP contribution is 2.24. The fraction of sp³-hybridized carbons (Fsp3) is 0.286. The molecule has 0 saturated carbocycles. The number of carbonyl (C=O) groups excluding carboxylic acids is 1. The average Bonchev–Trinajstić information content (AvgIpc) is 2.34. The van der Waals surface area contributed by atoms with Gasteiger partial charge in [-0.25, -0.2) is 22.3 Å². The molecule has 0 N–H and O–H groups in total. The quantitative estimate of drug-likeness (QED) is 0.306.